The van der Waals surface area contributed by atoms with Crippen LogP contribution in [-0.4, -0.2) is 36.2 Å². The van der Waals surface area contributed by atoms with Gasteiger partial charge < -0.3 is 14.8 Å². The molecule has 1 aromatic carbocycles. The first kappa shape index (κ1) is 17.4. The van der Waals surface area contributed by atoms with Crippen LogP contribution in [0.25, 0.3) is 0 Å². The Bertz CT molecular complexity index is 715. The lowest BCUT2D eigenvalue weighted by Crippen LogP contribution is -2.51. The SMILES string of the molecule is COc1cccc(C(C)C(=O)NC2(c3ncccn3)CCOCC2)c1. The van der Waals surface area contributed by atoms with Gasteiger partial charge in [-0.1, -0.05) is 12.1 Å². The number of aromatic nitrogens is 2. The number of hydrogen-bond donors (Lipinski definition) is 1. The summed E-state index contributed by atoms with van der Waals surface area (Å²) in [5, 5.41) is 3.20. The molecular formula is C19H23N3O3. The van der Waals surface area contributed by atoms with Gasteiger partial charge in [-0.15, -0.1) is 0 Å². The highest BCUT2D eigenvalue weighted by molar-refractivity contribution is 5.84. The van der Waals surface area contributed by atoms with Crippen molar-refractivity contribution < 1.29 is 14.3 Å². The summed E-state index contributed by atoms with van der Waals surface area (Å²) in [6, 6.07) is 9.36. The third-order valence-electron chi connectivity index (χ3n) is 4.69. The zero-order valence-electron chi connectivity index (χ0n) is 14.6. The summed E-state index contributed by atoms with van der Waals surface area (Å²) in [6.45, 7) is 3.04. The van der Waals surface area contributed by atoms with Gasteiger partial charge in [0.25, 0.3) is 0 Å². The molecule has 0 spiro atoms. The Kier molecular flexibility index (Phi) is 5.28. The number of hydrogen-bond acceptors (Lipinski definition) is 5. The average molecular weight is 341 g/mol. The maximum atomic E-state index is 12.9. The fourth-order valence-electron chi connectivity index (χ4n) is 3.08. The van der Waals surface area contributed by atoms with Gasteiger partial charge >= 0.3 is 0 Å². The number of carbonyl (C=O) groups is 1. The minimum atomic E-state index is -0.580. The molecule has 6 nitrogen and oxygen atoms in total. The van der Waals surface area contributed by atoms with Crippen molar-refractivity contribution >= 4 is 5.91 Å². The molecule has 6 heteroatoms. The molecule has 0 saturated carbocycles. The van der Waals surface area contributed by atoms with Crippen LogP contribution in [0, 0.1) is 0 Å². The van der Waals surface area contributed by atoms with Crippen molar-refractivity contribution in [3.8, 4) is 5.75 Å². The van der Waals surface area contributed by atoms with Crippen molar-refractivity contribution in [3.05, 3.63) is 54.1 Å². The standard InChI is InChI=1S/C19H23N3O3/c1-14(15-5-3-6-16(13-15)24-2)17(23)22-19(7-11-25-12-8-19)18-20-9-4-10-21-18/h3-6,9-10,13-14H,7-8,11-12H2,1-2H3,(H,22,23). The number of ether oxygens (including phenoxy) is 2. The van der Waals surface area contributed by atoms with Gasteiger partial charge in [0.1, 0.15) is 11.3 Å². The van der Waals surface area contributed by atoms with Crippen molar-refractivity contribution in [1.29, 1.82) is 0 Å². The number of carbonyl (C=O) groups excluding carboxylic acids is 1. The normalized spacial score (nSPS) is 17.5. The second-order valence-corrected chi connectivity index (χ2v) is 6.25. The van der Waals surface area contributed by atoms with Gasteiger partial charge in [-0.3, -0.25) is 4.79 Å². The van der Waals surface area contributed by atoms with Crippen molar-refractivity contribution in [2.24, 2.45) is 0 Å². The molecule has 0 bridgehead atoms. The Morgan fingerprint density at radius 2 is 1.96 bits per heavy atom. The molecule has 1 saturated heterocycles. The van der Waals surface area contributed by atoms with Crippen molar-refractivity contribution in [2.75, 3.05) is 20.3 Å². The van der Waals surface area contributed by atoms with E-state index in [4.69, 9.17) is 9.47 Å². The average Bonchev–Trinajstić information content (AvgIpc) is 2.68. The van der Waals surface area contributed by atoms with Gasteiger partial charge in [-0.2, -0.15) is 0 Å². The molecule has 3 rings (SSSR count). The molecule has 25 heavy (non-hydrogen) atoms. The predicted octanol–water partition coefficient (Wildman–Crippen LogP) is 2.41. The topological polar surface area (TPSA) is 73.3 Å². The maximum absolute atomic E-state index is 12.9. The Hall–Kier alpha value is -2.47. The Morgan fingerprint density at radius 3 is 2.64 bits per heavy atom. The number of amides is 1. The number of nitrogens with zero attached hydrogens (tertiary/aromatic N) is 2. The smallest absolute Gasteiger partial charge is 0.228 e. The number of rotatable bonds is 5. The van der Waals surface area contributed by atoms with Gasteiger partial charge in [-0.05, 0) is 30.7 Å². The molecule has 0 radical (unpaired) electrons. The molecule has 1 amide bonds. The van der Waals surface area contributed by atoms with E-state index in [1.54, 1.807) is 25.6 Å². The molecular weight excluding hydrogens is 318 g/mol. The predicted molar refractivity (Wildman–Crippen MR) is 93.3 cm³/mol. The minimum absolute atomic E-state index is 0.0531. The molecule has 2 heterocycles. The molecule has 1 N–H and O–H groups in total. The quantitative estimate of drug-likeness (QED) is 0.904. The lowest BCUT2D eigenvalue weighted by Gasteiger charge is -2.37. The van der Waals surface area contributed by atoms with Crippen LogP contribution in [0.1, 0.15) is 37.1 Å². The second-order valence-electron chi connectivity index (χ2n) is 6.25. The second kappa shape index (κ2) is 7.61. The summed E-state index contributed by atoms with van der Waals surface area (Å²) in [4.78, 5) is 21.7. The summed E-state index contributed by atoms with van der Waals surface area (Å²) < 4.78 is 10.7. The fraction of sp³-hybridized carbons (Fsp3) is 0.421. The highest BCUT2D eigenvalue weighted by Crippen LogP contribution is 2.31. The lowest BCUT2D eigenvalue weighted by molar-refractivity contribution is -0.125. The summed E-state index contributed by atoms with van der Waals surface area (Å²) in [7, 11) is 1.62. The monoisotopic (exact) mass is 341 g/mol. The van der Waals surface area contributed by atoms with Crippen LogP contribution in [0.5, 0.6) is 5.75 Å². The fourth-order valence-corrected chi connectivity index (χ4v) is 3.08. The Balaban J connectivity index is 1.83. The first-order chi connectivity index (χ1) is 12.1. The van der Waals surface area contributed by atoms with E-state index in [1.807, 2.05) is 31.2 Å². The van der Waals surface area contributed by atoms with E-state index < -0.39 is 5.54 Å². The number of benzene rings is 1. The van der Waals surface area contributed by atoms with Gasteiger partial charge in [-0.25, -0.2) is 9.97 Å². The summed E-state index contributed by atoms with van der Waals surface area (Å²) in [5.41, 5.74) is 0.331. The van der Waals surface area contributed by atoms with Crippen LogP contribution in [-0.2, 0) is 15.1 Å². The van der Waals surface area contributed by atoms with Gasteiger partial charge in [0, 0.05) is 38.4 Å². The molecule has 1 aromatic heterocycles. The molecule has 1 atom stereocenters. The van der Waals surface area contributed by atoms with Crippen molar-refractivity contribution in [2.45, 2.75) is 31.2 Å². The van der Waals surface area contributed by atoms with Gasteiger partial charge in [0.05, 0.1) is 13.0 Å². The van der Waals surface area contributed by atoms with E-state index in [0.717, 1.165) is 11.3 Å². The first-order valence-corrected chi connectivity index (χ1v) is 8.46. The third kappa shape index (κ3) is 3.79. The molecule has 1 unspecified atom stereocenters. The zero-order valence-corrected chi connectivity index (χ0v) is 14.6. The molecule has 1 fully saturated rings. The minimum Gasteiger partial charge on any atom is -0.497 e. The molecule has 132 valence electrons. The summed E-state index contributed by atoms with van der Waals surface area (Å²) in [5.74, 6) is 1.02. The van der Waals surface area contributed by atoms with Crippen LogP contribution in [0.15, 0.2) is 42.7 Å². The van der Waals surface area contributed by atoms with Crippen LogP contribution >= 0.6 is 0 Å². The van der Waals surface area contributed by atoms with Gasteiger partial charge in [0.2, 0.25) is 5.91 Å². The van der Waals surface area contributed by atoms with Crippen LogP contribution in [0.2, 0.25) is 0 Å². The van der Waals surface area contributed by atoms with Crippen LogP contribution in [0.3, 0.4) is 0 Å². The highest BCUT2D eigenvalue weighted by atomic mass is 16.5. The van der Waals surface area contributed by atoms with E-state index in [-0.39, 0.29) is 11.8 Å². The molecule has 0 aliphatic carbocycles. The van der Waals surface area contributed by atoms with Crippen molar-refractivity contribution in [3.63, 3.8) is 0 Å². The van der Waals surface area contributed by atoms with E-state index in [2.05, 4.69) is 15.3 Å². The van der Waals surface area contributed by atoms with E-state index in [9.17, 15) is 4.79 Å². The van der Waals surface area contributed by atoms with Crippen LogP contribution in [0.4, 0.5) is 0 Å². The van der Waals surface area contributed by atoms with E-state index in [0.29, 0.717) is 31.9 Å². The summed E-state index contributed by atoms with van der Waals surface area (Å²) >= 11 is 0. The first-order valence-electron chi connectivity index (χ1n) is 8.46. The molecule has 1 aliphatic heterocycles. The van der Waals surface area contributed by atoms with Crippen LogP contribution < -0.4 is 10.1 Å². The van der Waals surface area contributed by atoms with E-state index in [1.165, 1.54) is 0 Å². The van der Waals surface area contributed by atoms with E-state index >= 15 is 0 Å². The number of nitrogens with one attached hydrogen (secondary N) is 1. The Morgan fingerprint density at radius 1 is 1.24 bits per heavy atom. The van der Waals surface area contributed by atoms with Crippen molar-refractivity contribution in [1.82, 2.24) is 15.3 Å². The molecule has 1 aliphatic rings. The molecule has 2 aromatic rings. The zero-order chi connectivity index (χ0) is 17.7. The lowest BCUT2D eigenvalue weighted by atomic mass is 9.87. The number of methoxy groups -OCH3 is 1. The Labute approximate surface area is 147 Å². The largest absolute Gasteiger partial charge is 0.497 e. The van der Waals surface area contributed by atoms with Gasteiger partial charge in [0.15, 0.2) is 5.82 Å². The summed E-state index contributed by atoms with van der Waals surface area (Å²) in [6.07, 6.45) is 4.73. The maximum Gasteiger partial charge on any atom is 0.228 e. The highest BCUT2D eigenvalue weighted by Gasteiger charge is 2.39. The third-order valence-corrected chi connectivity index (χ3v) is 4.69.